The van der Waals surface area contributed by atoms with Crippen molar-refractivity contribution >= 4 is 16.9 Å². The maximum Gasteiger partial charge on any atom is 0.251 e. The molecule has 1 aliphatic rings. The van der Waals surface area contributed by atoms with Gasteiger partial charge in [0.05, 0.1) is 16.6 Å². The van der Waals surface area contributed by atoms with Crippen molar-refractivity contribution in [3.8, 4) is 0 Å². The van der Waals surface area contributed by atoms with Crippen molar-refractivity contribution in [2.75, 3.05) is 6.54 Å². The van der Waals surface area contributed by atoms with Gasteiger partial charge in [0.25, 0.3) is 5.91 Å². The largest absolute Gasteiger partial charge is 0.388 e. The second-order valence-corrected chi connectivity index (χ2v) is 5.37. The first-order chi connectivity index (χ1) is 9.66. The molecule has 0 radical (unpaired) electrons. The van der Waals surface area contributed by atoms with Gasteiger partial charge in [0.15, 0.2) is 0 Å². The Labute approximate surface area is 117 Å². The smallest absolute Gasteiger partial charge is 0.251 e. The van der Waals surface area contributed by atoms with E-state index in [9.17, 15) is 9.90 Å². The molecule has 0 aliphatic heterocycles. The molecule has 1 aromatic carbocycles. The van der Waals surface area contributed by atoms with Gasteiger partial charge in [0.2, 0.25) is 0 Å². The Morgan fingerprint density at radius 3 is 2.65 bits per heavy atom. The van der Waals surface area contributed by atoms with Crippen molar-refractivity contribution in [3.63, 3.8) is 0 Å². The molecule has 0 unspecified atom stereocenters. The minimum atomic E-state index is -0.730. The van der Waals surface area contributed by atoms with Gasteiger partial charge in [0, 0.05) is 24.5 Å². The molecular formula is C15H17N3O2. The van der Waals surface area contributed by atoms with E-state index in [-0.39, 0.29) is 5.91 Å². The van der Waals surface area contributed by atoms with Crippen LogP contribution in [0.1, 0.15) is 36.0 Å². The zero-order chi connectivity index (χ0) is 14.0. The number of nitrogens with zero attached hydrogens (tertiary/aromatic N) is 2. The predicted octanol–water partition coefficient (Wildman–Crippen LogP) is 1.66. The number of fused-ring (bicyclic) bond motifs is 1. The van der Waals surface area contributed by atoms with E-state index < -0.39 is 5.60 Å². The molecule has 1 fully saturated rings. The first-order valence-corrected chi connectivity index (χ1v) is 6.88. The lowest BCUT2D eigenvalue weighted by atomic mass is 10.0. The maximum absolute atomic E-state index is 12.1. The van der Waals surface area contributed by atoms with Gasteiger partial charge < -0.3 is 10.4 Å². The van der Waals surface area contributed by atoms with Crippen LogP contribution in [0.3, 0.4) is 0 Å². The summed E-state index contributed by atoms with van der Waals surface area (Å²) in [5, 5.41) is 13.0. The topological polar surface area (TPSA) is 75.1 Å². The molecule has 3 rings (SSSR count). The molecule has 1 saturated carbocycles. The minimum absolute atomic E-state index is 0.183. The highest BCUT2D eigenvalue weighted by Crippen LogP contribution is 2.28. The van der Waals surface area contributed by atoms with Crippen molar-refractivity contribution in [1.82, 2.24) is 15.3 Å². The van der Waals surface area contributed by atoms with Crippen molar-refractivity contribution < 1.29 is 9.90 Å². The van der Waals surface area contributed by atoms with Crippen molar-refractivity contribution in [2.45, 2.75) is 31.3 Å². The third-order valence-electron chi connectivity index (χ3n) is 3.84. The number of hydrogen-bond acceptors (Lipinski definition) is 4. The Morgan fingerprint density at radius 2 is 1.90 bits per heavy atom. The molecule has 0 spiro atoms. The number of nitrogens with one attached hydrogen (secondary N) is 1. The van der Waals surface area contributed by atoms with Crippen LogP contribution in [0.2, 0.25) is 0 Å². The molecule has 0 saturated heterocycles. The second-order valence-electron chi connectivity index (χ2n) is 5.37. The van der Waals surface area contributed by atoms with Gasteiger partial charge in [-0.1, -0.05) is 12.8 Å². The fourth-order valence-electron chi connectivity index (χ4n) is 2.66. The molecule has 5 nitrogen and oxygen atoms in total. The quantitative estimate of drug-likeness (QED) is 0.890. The van der Waals surface area contributed by atoms with Crippen LogP contribution in [0.25, 0.3) is 11.0 Å². The SMILES string of the molecule is O=C(NCC1(O)CCCC1)c1ccc2nccnc2c1. The van der Waals surface area contributed by atoms with E-state index in [1.165, 1.54) is 0 Å². The number of hydrogen-bond donors (Lipinski definition) is 2. The summed E-state index contributed by atoms with van der Waals surface area (Å²) < 4.78 is 0. The summed E-state index contributed by atoms with van der Waals surface area (Å²) in [5.41, 5.74) is 1.27. The molecule has 5 heteroatoms. The van der Waals surface area contributed by atoms with Crippen LogP contribution in [-0.4, -0.2) is 33.1 Å². The number of carbonyl (C=O) groups is 1. The third-order valence-corrected chi connectivity index (χ3v) is 3.84. The first-order valence-electron chi connectivity index (χ1n) is 6.88. The molecule has 2 N–H and O–H groups in total. The van der Waals surface area contributed by atoms with Crippen LogP contribution < -0.4 is 5.32 Å². The summed E-state index contributed by atoms with van der Waals surface area (Å²) in [6.45, 7) is 0.310. The van der Waals surface area contributed by atoms with E-state index in [1.807, 2.05) is 0 Å². The van der Waals surface area contributed by atoms with Gasteiger partial charge in [0.1, 0.15) is 0 Å². The van der Waals surface area contributed by atoms with Crippen LogP contribution >= 0.6 is 0 Å². The van der Waals surface area contributed by atoms with E-state index in [0.29, 0.717) is 17.6 Å². The molecule has 0 atom stereocenters. The summed E-state index contributed by atoms with van der Waals surface area (Å²) in [6, 6.07) is 5.23. The summed E-state index contributed by atoms with van der Waals surface area (Å²) in [5.74, 6) is -0.183. The highest BCUT2D eigenvalue weighted by atomic mass is 16.3. The standard InChI is InChI=1S/C15H17N3O2/c19-14(18-10-15(20)5-1-2-6-15)11-3-4-12-13(9-11)17-8-7-16-12/h3-4,7-9,20H,1-2,5-6,10H2,(H,18,19). The Morgan fingerprint density at radius 1 is 1.20 bits per heavy atom. The number of carbonyl (C=O) groups excluding carboxylic acids is 1. The van der Waals surface area contributed by atoms with Gasteiger partial charge in [-0.3, -0.25) is 14.8 Å². The molecule has 1 heterocycles. The number of amides is 1. The fourth-order valence-corrected chi connectivity index (χ4v) is 2.66. The number of aliphatic hydroxyl groups is 1. The lowest BCUT2D eigenvalue weighted by Gasteiger charge is -2.22. The van der Waals surface area contributed by atoms with Gasteiger partial charge in [-0.25, -0.2) is 0 Å². The Balaban J connectivity index is 1.72. The molecule has 2 aromatic rings. The third kappa shape index (κ3) is 2.63. The van der Waals surface area contributed by atoms with Gasteiger partial charge in [-0.15, -0.1) is 0 Å². The lowest BCUT2D eigenvalue weighted by Crippen LogP contribution is -2.40. The lowest BCUT2D eigenvalue weighted by molar-refractivity contribution is 0.0449. The highest BCUT2D eigenvalue weighted by molar-refractivity contribution is 5.97. The van der Waals surface area contributed by atoms with Gasteiger partial charge >= 0.3 is 0 Å². The van der Waals surface area contributed by atoms with Crippen LogP contribution in [0.5, 0.6) is 0 Å². The Bertz CT molecular complexity index is 636. The van der Waals surface area contributed by atoms with E-state index in [2.05, 4.69) is 15.3 Å². The maximum atomic E-state index is 12.1. The zero-order valence-electron chi connectivity index (χ0n) is 11.2. The monoisotopic (exact) mass is 271 g/mol. The highest BCUT2D eigenvalue weighted by Gasteiger charge is 2.31. The van der Waals surface area contributed by atoms with E-state index >= 15 is 0 Å². The van der Waals surface area contributed by atoms with Crippen LogP contribution in [0, 0.1) is 0 Å². The average molecular weight is 271 g/mol. The predicted molar refractivity (Wildman–Crippen MR) is 75.3 cm³/mol. The second kappa shape index (κ2) is 5.17. The van der Waals surface area contributed by atoms with Gasteiger partial charge in [-0.2, -0.15) is 0 Å². The number of benzene rings is 1. The number of rotatable bonds is 3. The van der Waals surface area contributed by atoms with E-state index in [4.69, 9.17) is 0 Å². The molecule has 1 aromatic heterocycles. The summed E-state index contributed by atoms with van der Waals surface area (Å²) in [6.07, 6.45) is 6.80. The normalized spacial score (nSPS) is 17.2. The van der Waals surface area contributed by atoms with E-state index in [0.717, 1.165) is 31.2 Å². The minimum Gasteiger partial charge on any atom is -0.388 e. The Kier molecular flexibility index (Phi) is 3.36. The molecule has 20 heavy (non-hydrogen) atoms. The van der Waals surface area contributed by atoms with Crippen LogP contribution in [-0.2, 0) is 0 Å². The molecule has 104 valence electrons. The molecule has 0 bridgehead atoms. The van der Waals surface area contributed by atoms with E-state index in [1.54, 1.807) is 30.6 Å². The summed E-state index contributed by atoms with van der Waals surface area (Å²) in [4.78, 5) is 20.5. The van der Waals surface area contributed by atoms with Crippen LogP contribution in [0.4, 0.5) is 0 Å². The zero-order valence-corrected chi connectivity index (χ0v) is 11.2. The first kappa shape index (κ1) is 13.0. The van der Waals surface area contributed by atoms with Crippen molar-refractivity contribution in [3.05, 3.63) is 36.2 Å². The van der Waals surface area contributed by atoms with Crippen molar-refractivity contribution in [1.29, 1.82) is 0 Å². The summed E-state index contributed by atoms with van der Waals surface area (Å²) in [7, 11) is 0. The van der Waals surface area contributed by atoms with Gasteiger partial charge in [-0.05, 0) is 31.0 Å². The summed E-state index contributed by atoms with van der Waals surface area (Å²) >= 11 is 0. The Hall–Kier alpha value is -2.01. The molecule has 1 aliphatic carbocycles. The molecule has 1 amide bonds. The molecular weight excluding hydrogens is 254 g/mol. The van der Waals surface area contributed by atoms with Crippen molar-refractivity contribution in [2.24, 2.45) is 0 Å². The fraction of sp³-hybridized carbons (Fsp3) is 0.400. The number of aromatic nitrogens is 2. The average Bonchev–Trinajstić information content (AvgIpc) is 2.91. The van der Waals surface area contributed by atoms with Crippen LogP contribution in [0.15, 0.2) is 30.6 Å².